The van der Waals surface area contributed by atoms with E-state index in [1.807, 2.05) is 6.92 Å². The zero-order valence-electron chi connectivity index (χ0n) is 13.7. The Hall–Kier alpha value is -2.64. The topological polar surface area (TPSA) is 55.3 Å². The van der Waals surface area contributed by atoms with Gasteiger partial charge in [-0.25, -0.2) is 9.97 Å². The first-order chi connectivity index (χ1) is 11.9. The van der Waals surface area contributed by atoms with Crippen molar-refractivity contribution in [3.05, 3.63) is 42.2 Å². The van der Waals surface area contributed by atoms with Crippen LogP contribution in [0.2, 0.25) is 0 Å². The molecule has 5 nitrogen and oxygen atoms in total. The molecule has 25 heavy (non-hydrogen) atoms. The Labute approximate surface area is 143 Å². The molecule has 0 bridgehead atoms. The molecule has 134 valence electrons. The second-order valence-electron chi connectivity index (χ2n) is 5.25. The summed E-state index contributed by atoms with van der Waals surface area (Å²) in [6, 6.07) is 5.46. The minimum absolute atomic E-state index is 0.300. The van der Waals surface area contributed by atoms with Crippen LogP contribution in [0, 0.1) is 0 Å². The van der Waals surface area contributed by atoms with Gasteiger partial charge in [0.2, 0.25) is 5.95 Å². The van der Waals surface area contributed by atoms with Gasteiger partial charge in [-0.3, -0.25) is 0 Å². The Morgan fingerprint density at radius 1 is 1.16 bits per heavy atom. The fourth-order valence-electron chi connectivity index (χ4n) is 2.17. The summed E-state index contributed by atoms with van der Waals surface area (Å²) in [5, 5.41) is 0. The standard InChI is InChI=1S/C17H18F3N3O2/c1-2-13-11-21-16(22-12-13)23(9-3-4-10-24)14-5-7-15(8-6-14)25-17(18,19)20/h5-8,10-12H,2-4,9H2,1H3. The average molecular weight is 353 g/mol. The highest BCUT2D eigenvalue weighted by Crippen LogP contribution is 2.28. The number of aldehydes is 1. The monoisotopic (exact) mass is 353 g/mol. The highest BCUT2D eigenvalue weighted by atomic mass is 19.4. The number of carbonyl (C=O) groups is 1. The summed E-state index contributed by atoms with van der Waals surface area (Å²) in [5.74, 6) is 0.124. The summed E-state index contributed by atoms with van der Waals surface area (Å²) in [5.41, 5.74) is 1.59. The molecule has 0 N–H and O–H groups in total. The van der Waals surface area contributed by atoms with Crippen molar-refractivity contribution in [1.82, 2.24) is 9.97 Å². The Balaban J connectivity index is 2.23. The molecule has 0 unspecified atom stereocenters. The minimum atomic E-state index is -4.73. The first kappa shape index (κ1) is 18.7. The third kappa shape index (κ3) is 5.74. The van der Waals surface area contributed by atoms with Crippen LogP contribution in [0.1, 0.15) is 25.3 Å². The quantitative estimate of drug-likeness (QED) is 0.529. The Bertz CT molecular complexity index is 673. The van der Waals surface area contributed by atoms with E-state index in [0.29, 0.717) is 31.0 Å². The minimum Gasteiger partial charge on any atom is -0.406 e. The van der Waals surface area contributed by atoms with Crippen LogP contribution in [0.4, 0.5) is 24.8 Å². The number of ether oxygens (including phenoxy) is 1. The number of nitrogens with zero attached hydrogens (tertiary/aromatic N) is 3. The largest absolute Gasteiger partial charge is 0.573 e. The van der Waals surface area contributed by atoms with Crippen LogP contribution in [0.25, 0.3) is 0 Å². The predicted octanol–water partition coefficient (Wildman–Crippen LogP) is 4.05. The maximum atomic E-state index is 12.3. The summed E-state index contributed by atoms with van der Waals surface area (Å²) in [7, 11) is 0. The van der Waals surface area contributed by atoms with Gasteiger partial charge in [0.25, 0.3) is 0 Å². The van der Waals surface area contributed by atoms with E-state index < -0.39 is 6.36 Å². The summed E-state index contributed by atoms with van der Waals surface area (Å²) in [6.07, 6.45) is 1.24. The number of aryl methyl sites for hydroxylation is 1. The number of benzene rings is 1. The summed E-state index contributed by atoms with van der Waals surface area (Å²) in [4.78, 5) is 20.9. The van der Waals surface area contributed by atoms with E-state index >= 15 is 0 Å². The molecule has 1 heterocycles. The maximum absolute atomic E-state index is 12.3. The molecule has 0 saturated heterocycles. The van der Waals surface area contributed by atoms with Crippen molar-refractivity contribution >= 4 is 17.9 Å². The zero-order chi connectivity index (χ0) is 18.3. The molecule has 1 aromatic heterocycles. The van der Waals surface area contributed by atoms with Crippen LogP contribution in [0.5, 0.6) is 5.75 Å². The van der Waals surface area contributed by atoms with Crippen LogP contribution in [-0.4, -0.2) is 29.2 Å². The highest BCUT2D eigenvalue weighted by Gasteiger charge is 2.31. The van der Waals surface area contributed by atoms with Gasteiger partial charge in [0.15, 0.2) is 0 Å². The zero-order valence-corrected chi connectivity index (χ0v) is 13.7. The Kier molecular flexibility index (Phi) is 6.32. The highest BCUT2D eigenvalue weighted by molar-refractivity contribution is 5.58. The molecular formula is C17H18F3N3O2. The molecule has 0 spiro atoms. The van der Waals surface area contributed by atoms with Crippen molar-refractivity contribution in [2.45, 2.75) is 32.5 Å². The lowest BCUT2D eigenvalue weighted by Crippen LogP contribution is -2.21. The van der Waals surface area contributed by atoms with E-state index in [1.54, 1.807) is 17.3 Å². The summed E-state index contributed by atoms with van der Waals surface area (Å²) < 4.78 is 40.6. The molecule has 0 atom stereocenters. The van der Waals surface area contributed by atoms with Crippen molar-refractivity contribution in [2.24, 2.45) is 0 Å². The molecular weight excluding hydrogens is 335 g/mol. The van der Waals surface area contributed by atoms with E-state index in [-0.39, 0.29) is 5.75 Å². The molecule has 0 radical (unpaired) electrons. The molecule has 0 amide bonds. The fraction of sp³-hybridized carbons (Fsp3) is 0.353. The van der Waals surface area contributed by atoms with Crippen LogP contribution >= 0.6 is 0 Å². The van der Waals surface area contributed by atoms with E-state index in [9.17, 15) is 18.0 Å². The first-order valence-electron chi connectivity index (χ1n) is 7.81. The van der Waals surface area contributed by atoms with Crippen LogP contribution < -0.4 is 9.64 Å². The van der Waals surface area contributed by atoms with Crippen LogP contribution in [0.15, 0.2) is 36.7 Å². The fourth-order valence-corrected chi connectivity index (χ4v) is 2.17. The van der Waals surface area contributed by atoms with Gasteiger partial charge in [-0.2, -0.15) is 0 Å². The molecule has 8 heteroatoms. The van der Waals surface area contributed by atoms with Crippen molar-refractivity contribution in [1.29, 1.82) is 0 Å². The van der Waals surface area contributed by atoms with Gasteiger partial charge in [-0.1, -0.05) is 6.92 Å². The second-order valence-corrected chi connectivity index (χ2v) is 5.25. The first-order valence-corrected chi connectivity index (χ1v) is 7.81. The van der Waals surface area contributed by atoms with Crippen molar-refractivity contribution in [3.8, 4) is 5.75 Å². The van der Waals surface area contributed by atoms with E-state index in [0.717, 1.165) is 18.3 Å². The van der Waals surface area contributed by atoms with E-state index in [2.05, 4.69) is 14.7 Å². The third-order valence-electron chi connectivity index (χ3n) is 3.43. The van der Waals surface area contributed by atoms with Gasteiger partial charge in [0.1, 0.15) is 12.0 Å². The van der Waals surface area contributed by atoms with Crippen molar-refractivity contribution < 1.29 is 22.7 Å². The predicted molar refractivity (Wildman–Crippen MR) is 86.8 cm³/mol. The Morgan fingerprint density at radius 3 is 2.32 bits per heavy atom. The number of halogens is 3. The molecule has 0 fully saturated rings. The van der Waals surface area contributed by atoms with E-state index in [4.69, 9.17) is 0 Å². The average Bonchev–Trinajstić information content (AvgIpc) is 2.59. The lowest BCUT2D eigenvalue weighted by atomic mass is 10.2. The number of anilines is 2. The number of carbonyl (C=O) groups excluding carboxylic acids is 1. The van der Waals surface area contributed by atoms with E-state index in [1.165, 1.54) is 24.3 Å². The molecule has 2 rings (SSSR count). The Morgan fingerprint density at radius 2 is 1.80 bits per heavy atom. The summed E-state index contributed by atoms with van der Waals surface area (Å²) in [6.45, 7) is 2.45. The smallest absolute Gasteiger partial charge is 0.406 e. The number of hydrogen-bond acceptors (Lipinski definition) is 5. The second kappa shape index (κ2) is 8.46. The molecule has 0 aliphatic heterocycles. The SMILES string of the molecule is CCc1cnc(N(CCCC=O)c2ccc(OC(F)(F)F)cc2)nc1. The third-order valence-corrected chi connectivity index (χ3v) is 3.43. The van der Waals surface area contributed by atoms with Gasteiger partial charge in [0.05, 0.1) is 0 Å². The van der Waals surface area contributed by atoms with Crippen molar-refractivity contribution in [2.75, 3.05) is 11.4 Å². The van der Waals surface area contributed by atoms with Gasteiger partial charge in [-0.05, 0) is 42.7 Å². The van der Waals surface area contributed by atoms with Gasteiger partial charge in [0, 0.05) is 31.0 Å². The van der Waals surface area contributed by atoms with Gasteiger partial charge < -0.3 is 14.4 Å². The normalized spacial score (nSPS) is 11.2. The van der Waals surface area contributed by atoms with Gasteiger partial charge >= 0.3 is 6.36 Å². The molecule has 0 aliphatic carbocycles. The lowest BCUT2D eigenvalue weighted by molar-refractivity contribution is -0.274. The number of alkyl halides is 3. The van der Waals surface area contributed by atoms with Crippen LogP contribution in [0.3, 0.4) is 0 Å². The number of aromatic nitrogens is 2. The number of hydrogen-bond donors (Lipinski definition) is 0. The van der Waals surface area contributed by atoms with Crippen LogP contribution in [-0.2, 0) is 11.2 Å². The molecule has 2 aromatic rings. The van der Waals surface area contributed by atoms with Crippen molar-refractivity contribution in [3.63, 3.8) is 0 Å². The molecule has 0 saturated carbocycles. The maximum Gasteiger partial charge on any atom is 0.573 e. The molecule has 1 aromatic carbocycles. The number of unbranched alkanes of at least 4 members (excludes halogenated alkanes) is 1. The molecule has 0 aliphatic rings. The number of rotatable bonds is 8. The lowest BCUT2D eigenvalue weighted by Gasteiger charge is -2.23. The summed E-state index contributed by atoms with van der Waals surface area (Å²) >= 11 is 0. The van der Waals surface area contributed by atoms with Gasteiger partial charge in [-0.15, -0.1) is 13.2 Å².